The van der Waals surface area contributed by atoms with Crippen LogP contribution in [0.4, 0.5) is 5.69 Å². The maximum atomic E-state index is 12.5. The molecule has 2 N–H and O–H groups in total. The van der Waals surface area contributed by atoms with Gasteiger partial charge in [-0.05, 0) is 62.7 Å². The van der Waals surface area contributed by atoms with E-state index in [0.717, 1.165) is 22.8 Å². The molecule has 0 aliphatic rings. The van der Waals surface area contributed by atoms with E-state index in [0.29, 0.717) is 24.9 Å². The summed E-state index contributed by atoms with van der Waals surface area (Å²) in [7, 11) is 0. The van der Waals surface area contributed by atoms with Gasteiger partial charge in [0.05, 0.1) is 24.6 Å². The van der Waals surface area contributed by atoms with Crippen molar-refractivity contribution in [3.05, 3.63) is 78.1 Å². The van der Waals surface area contributed by atoms with Gasteiger partial charge in [0.1, 0.15) is 5.75 Å². The molecule has 1 heterocycles. The first-order valence-corrected chi connectivity index (χ1v) is 11.9. The smallest absolute Gasteiger partial charge is 0.253 e. The van der Waals surface area contributed by atoms with Gasteiger partial charge >= 0.3 is 0 Å². The van der Waals surface area contributed by atoms with Gasteiger partial charge < -0.3 is 14.6 Å². The van der Waals surface area contributed by atoms with Crippen molar-refractivity contribution in [2.24, 2.45) is 5.10 Å². The Labute approximate surface area is 204 Å². The number of carbonyl (C=O) groups excluding carboxylic acids is 1. The van der Waals surface area contributed by atoms with Crippen LogP contribution in [0.15, 0.2) is 71.4 Å². The van der Waals surface area contributed by atoms with Gasteiger partial charge in [-0.25, -0.2) is 5.43 Å². The van der Waals surface area contributed by atoms with Crippen LogP contribution < -0.4 is 15.5 Å². The number of benzene rings is 2. The quantitative estimate of drug-likeness (QED) is 0.173. The fourth-order valence-corrected chi connectivity index (χ4v) is 3.86. The average Bonchev–Trinajstić information content (AvgIpc) is 3.21. The third-order valence-electron chi connectivity index (χ3n) is 4.84. The SMILES string of the molecule is C=CCn1c(CNc2ccc(C)cc2)nnc1SC(C)C(=O)N/N=C/c1ccc(OCC)cc1. The number of allylic oxidation sites excluding steroid dienone is 1. The summed E-state index contributed by atoms with van der Waals surface area (Å²) < 4.78 is 7.37. The van der Waals surface area contributed by atoms with Crippen LogP contribution in [0.1, 0.15) is 30.8 Å². The largest absolute Gasteiger partial charge is 0.494 e. The predicted molar refractivity (Wildman–Crippen MR) is 137 cm³/mol. The summed E-state index contributed by atoms with van der Waals surface area (Å²) in [6, 6.07) is 15.6. The molecular formula is C25H30N6O2S. The van der Waals surface area contributed by atoms with E-state index < -0.39 is 5.25 Å². The molecule has 1 amide bonds. The number of hydrazone groups is 1. The number of hydrogen-bond donors (Lipinski definition) is 2. The molecule has 0 radical (unpaired) electrons. The number of nitrogens with zero attached hydrogens (tertiary/aromatic N) is 4. The number of thioether (sulfide) groups is 1. The normalized spacial score (nSPS) is 11.9. The highest BCUT2D eigenvalue weighted by atomic mass is 32.2. The number of ether oxygens (including phenoxy) is 1. The summed E-state index contributed by atoms with van der Waals surface area (Å²) in [5.74, 6) is 1.34. The first-order chi connectivity index (χ1) is 16.5. The zero-order chi connectivity index (χ0) is 24.3. The fraction of sp³-hybridized carbons (Fsp3) is 0.280. The van der Waals surface area contributed by atoms with Gasteiger partial charge in [0.2, 0.25) is 0 Å². The zero-order valence-electron chi connectivity index (χ0n) is 19.7. The van der Waals surface area contributed by atoms with Crippen molar-refractivity contribution in [2.75, 3.05) is 11.9 Å². The lowest BCUT2D eigenvalue weighted by Gasteiger charge is -2.12. The van der Waals surface area contributed by atoms with Gasteiger partial charge in [0.15, 0.2) is 11.0 Å². The van der Waals surface area contributed by atoms with Crippen molar-refractivity contribution < 1.29 is 9.53 Å². The molecule has 1 unspecified atom stereocenters. The summed E-state index contributed by atoms with van der Waals surface area (Å²) in [4.78, 5) is 12.5. The molecule has 0 spiro atoms. The van der Waals surface area contributed by atoms with E-state index in [1.807, 2.05) is 54.8 Å². The van der Waals surface area contributed by atoms with Crippen molar-refractivity contribution in [1.82, 2.24) is 20.2 Å². The lowest BCUT2D eigenvalue weighted by atomic mass is 10.2. The van der Waals surface area contributed by atoms with Gasteiger partial charge in [0.25, 0.3) is 5.91 Å². The number of carbonyl (C=O) groups is 1. The minimum absolute atomic E-state index is 0.223. The number of nitrogens with one attached hydrogen (secondary N) is 2. The molecule has 34 heavy (non-hydrogen) atoms. The van der Waals surface area contributed by atoms with Crippen LogP contribution in [0.2, 0.25) is 0 Å². The number of aryl methyl sites for hydroxylation is 1. The van der Waals surface area contributed by atoms with Crippen molar-refractivity contribution in [2.45, 2.75) is 44.3 Å². The van der Waals surface area contributed by atoms with Crippen molar-refractivity contribution in [1.29, 1.82) is 0 Å². The van der Waals surface area contributed by atoms with Crippen molar-refractivity contribution in [3.63, 3.8) is 0 Å². The van der Waals surface area contributed by atoms with Gasteiger partial charge in [-0.15, -0.1) is 16.8 Å². The number of anilines is 1. The third kappa shape index (κ3) is 7.21. The van der Waals surface area contributed by atoms with Gasteiger partial charge in [-0.3, -0.25) is 4.79 Å². The van der Waals surface area contributed by atoms with Gasteiger partial charge in [-0.1, -0.05) is 35.5 Å². The van der Waals surface area contributed by atoms with Crippen LogP contribution in [-0.4, -0.2) is 38.7 Å². The summed E-state index contributed by atoms with van der Waals surface area (Å²) in [6.45, 7) is 11.3. The lowest BCUT2D eigenvalue weighted by molar-refractivity contribution is -0.120. The fourth-order valence-electron chi connectivity index (χ4n) is 2.99. The molecule has 8 nitrogen and oxygen atoms in total. The Morgan fingerprint density at radius 2 is 1.94 bits per heavy atom. The van der Waals surface area contributed by atoms with E-state index in [1.165, 1.54) is 17.3 Å². The Balaban J connectivity index is 1.57. The number of rotatable bonds is 12. The standard InChI is InChI=1S/C25H30N6O2S/c1-5-15-31-23(17-26-21-11-7-18(3)8-12-21)28-30-25(31)34-19(4)24(32)29-27-16-20-9-13-22(14-10-20)33-6-2/h5,7-14,16,19,26H,1,6,15,17H2,2-4H3,(H,29,32)/b27-16+. The second kappa shape index (κ2) is 12.6. The highest BCUT2D eigenvalue weighted by Crippen LogP contribution is 2.23. The Bertz CT molecular complexity index is 1110. The van der Waals surface area contributed by atoms with E-state index >= 15 is 0 Å². The maximum Gasteiger partial charge on any atom is 0.253 e. The van der Waals surface area contributed by atoms with Gasteiger partial charge in [0, 0.05) is 12.2 Å². The predicted octanol–water partition coefficient (Wildman–Crippen LogP) is 4.41. The number of aromatic nitrogens is 3. The molecule has 0 fully saturated rings. The average molecular weight is 479 g/mol. The lowest BCUT2D eigenvalue weighted by Crippen LogP contribution is -2.27. The number of hydrogen-bond acceptors (Lipinski definition) is 7. The molecular weight excluding hydrogens is 448 g/mol. The molecule has 1 aromatic heterocycles. The molecule has 0 saturated carbocycles. The third-order valence-corrected chi connectivity index (χ3v) is 5.92. The number of amides is 1. The van der Waals surface area contributed by atoms with Crippen LogP contribution in [0.3, 0.4) is 0 Å². The summed E-state index contributed by atoms with van der Waals surface area (Å²) in [6.07, 6.45) is 3.38. The molecule has 3 aromatic rings. The molecule has 3 rings (SSSR count). The highest BCUT2D eigenvalue weighted by Gasteiger charge is 2.19. The van der Waals surface area contributed by atoms with Crippen LogP contribution in [0.5, 0.6) is 5.75 Å². The van der Waals surface area contributed by atoms with E-state index in [9.17, 15) is 4.79 Å². The second-order valence-electron chi connectivity index (χ2n) is 7.51. The molecule has 2 aromatic carbocycles. The zero-order valence-corrected chi connectivity index (χ0v) is 20.5. The summed E-state index contributed by atoms with van der Waals surface area (Å²) in [5.41, 5.74) is 5.66. The molecule has 0 saturated heterocycles. The second-order valence-corrected chi connectivity index (χ2v) is 8.82. The summed E-state index contributed by atoms with van der Waals surface area (Å²) >= 11 is 1.33. The topological polar surface area (TPSA) is 93.4 Å². The summed E-state index contributed by atoms with van der Waals surface area (Å²) in [5, 5.41) is 16.3. The van der Waals surface area contributed by atoms with Crippen molar-refractivity contribution >= 4 is 29.6 Å². The Kier molecular flexibility index (Phi) is 9.28. The van der Waals surface area contributed by atoms with E-state index in [4.69, 9.17) is 4.74 Å². The van der Waals surface area contributed by atoms with Crippen molar-refractivity contribution in [3.8, 4) is 5.75 Å². The van der Waals surface area contributed by atoms with Crippen LogP contribution >= 0.6 is 11.8 Å². The Morgan fingerprint density at radius 3 is 2.62 bits per heavy atom. The van der Waals surface area contributed by atoms with Crippen LogP contribution in [-0.2, 0) is 17.9 Å². The van der Waals surface area contributed by atoms with Gasteiger partial charge in [-0.2, -0.15) is 5.10 Å². The van der Waals surface area contributed by atoms with E-state index in [-0.39, 0.29) is 5.91 Å². The highest BCUT2D eigenvalue weighted by molar-refractivity contribution is 8.00. The Hall–Kier alpha value is -3.59. The molecule has 9 heteroatoms. The maximum absolute atomic E-state index is 12.5. The molecule has 178 valence electrons. The minimum atomic E-state index is -0.414. The minimum Gasteiger partial charge on any atom is -0.494 e. The molecule has 0 aliphatic carbocycles. The molecule has 0 bridgehead atoms. The first-order valence-electron chi connectivity index (χ1n) is 11.1. The van der Waals surface area contributed by atoms with E-state index in [2.05, 4.69) is 51.7 Å². The molecule has 0 aliphatic heterocycles. The Morgan fingerprint density at radius 1 is 1.21 bits per heavy atom. The van der Waals surface area contributed by atoms with Crippen LogP contribution in [0.25, 0.3) is 0 Å². The first kappa shape index (κ1) is 25.0. The molecule has 1 atom stereocenters. The monoisotopic (exact) mass is 478 g/mol. The van der Waals surface area contributed by atoms with Crippen LogP contribution in [0, 0.1) is 6.92 Å². The van der Waals surface area contributed by atoms with E-state index in [1.54, 1.807) is 12.3 Å².